The largest absolute Gasteiger partial charge is 1.00 e. The Bertz CT molecular complexity index is 184. The van der Waals surface area contributed by atoms with Gasteiger partial charge in [-0.3, -0.25) is 0 Å². The highest BCUT2D eigenvalue weighted by Gasteiger charge is 2.21. The first-order valence-corrected chi connectivity index (χ1v) is 8.66. The van der Waals surface area contributed by atoms with Crippen molar-refractivity contribution in [1.82, 2.24) is 0 Å². The summed E-state index contributed by atoms with van der Waals surface area (Å²) in [5.41, 5.74) is 0. The minimum Gasteiger partial charge on any atom is -1.00 e. The smallest absolute Gasteiger partial charge is 0.0799 e. The topological polar surface area (TPSA) is 4.44 Å². The molecule has 2 atom stereocenters. The maximum Gasteiger partial charge on any atom is 0.0799 e. The third kappa shape index (κ3) is 10.8. The second kappa shape index (κ2) is 13.4. The number of nitrogens with one attached hydrogen (secondary N) is 1. The summed E-state index contributed by atoms with van der Waals surface area (Å²) < 4.78 is 0. The van der Waals surface area contributed by atoms with E-state index in [1.54, 1.807) is 0 Å². The first-order chi connectivity index (χ1) is 8.83. The second-order valence-corrected chi connectivity index (χ2v) is 6.53. The van der Waals surface area contributed by atoms with Crippen molar-refractivity contribution in [2.24, 2.45) is 5.92 Å². The fourth-order valence-electron chi connectivity index (χ4n) is 3.24. The van der Waals surface area contributed by atoms with Crippen LogP contribution in [0.5, 0.6) is 0 Å². The van der Waals surface area contributed by atoms with Gasteiger partial charge in [0.05, 0.1) is 19.6 Å². The van der Waals surface area contributed by atoms with Gasteiger partial charge in [0.2, 0.25) is 0 Å². The zero-order valence-electron chi connectivity index (χ0n) is 13.4. The Labute approximate surface area is 132 Å². The van der Waals surface area contributed by atoms with E-state index in [0.717, 1.165) is 5.92 Å². The minimum atomic E-state index is 0. The summed E-state index contributed by atoms with van der Waals surface area (Å²) in [5, 5.41) is 0. The molecule has 0 aromatic carbocycles. The quantitative estimate of drug-likeness (QED) is 0.534. The van der Waals surface area contributed by atoms with Gasteiger partial charge in [-0.05, 0) is 12.8 Å². The SMILES string of the molecule is CCCCCCCCCCCC[NH+]1CCC(C)C1.[Br-]. The maximum atomic E-state index is 2.41. The van der Waals surface area contributed by atoms with Crippen molar-refractivity contribution >= 4 is 0 Å². The van der Waals surface area contributed by atoms with Crippen LogP contribution in [0.15, 0.2) is 0 Å². The van der Waals surface area contributed by atoms with Crippen LogP contribution in [-0.4, -0.2) is 19.6 Å². The number of hydrogen-bond acceptors (Lipinski definition) is 0. The molecule has 0 amide bonds. The Balaban J connectivity index is 0.00000324. The molecule has 19 heavy (non-hydrogen) atoms. The average molecular weight is 334 g/mol. The van der Waals surface area contributed by atoms with Gasteiger partial charge in [-0.15, -0.1) is 0 Å². The van der Waals surface area contributed by atoms with Crippen LogP contribution in [0.25, 0.3) is 0 Å². The highest BCUT2D eigenvalue weighted by molar-refractivity contribution is 4.55. The van der Waals surface area contributed by atoms with Crippen LogP contribution >= 0.6 is 0 Å². The van der Waals surface area contributed by atoms with Gasteiger partial charge in [0.1, 0.15) is 0 Å². The Morgan fingerprint density at radius 3 is 1.84 bits per heavy atom. The van der Waals surface area contributed by atoms with Crippen molar-refractivity contribution in [2.75, 3.05) is 19.6 Å². The van der Waals surface area contributed by atoms with Crippen LogP contribution in [0.4, 0.5) is 0 Å². The molecule has 0 spiro atoms. The van der Waals surface area contributed by atoms with E-state index in [9.17, 15) is 0 Å². The van der Waals surface area contributed by atoms with Gasteiger partial charge in [-0.1, -0.05) is 65.2 Å². The molecule has 1 rings (SSSR count). The van der Waals surface area contributed by atoms with Gasteiger partial charge in [-0.2, -0.15) is 0 Å². The molecule has 1 saturated heterocycles. The zero-order valence-corrected chi connectivity index (χ0v) is 14.9. The molecule has 2 heteroatoms. The zero-order chi connectivity index (χ0) is 13.1. The summed E-state index contributed by atoms with van der Waals surface area (Å²) in [4.78, 5) is 1.88. The standard InChI is InChI=1S/C17H35N.BrH/c1-3-4-5-6-7-8-9-10-11-12-14-18-15-13-17(2)16-18;/h17H,3-16H2,1-2H3;1H. The molecular formula is C17H36BrN. The van der Waals surface area contributed by atoms with Gasteiger partial charge in [0.25, 0.3) is 0 Å². The van der Waals surface area contributed by atoms with Gasteiger partial charge in [-0.25, -0.2) is 0 Å². The van der Waals surface area contributed by atoms with Crippen LogP contribution < -0.4 is 21.9 Å². The number of likely N-dealkylation sites (tertiary alicyclic amines) is 1. The Morgan fingerprint density at radius 2 is 1.37 bits per heavy atom. The summed E-state index contributed by atoms with van der Waals surface area (Å²) in [6.45, 7) is 9.03. The van der Waals surface area contributed by atoms with Crippen molar-refractivity contribution in [3.63, 3.8) is 0 Å². The van der Waals surface area contributed by atoms with Crippen LogP contribution in [0, 0.1) is 5.92 Å². The average Bonchev–Trinajstić information content (AvgIpc) is 2.77. The van der Waals surface area contributed by atoms with Gasteiger partial charge >= 0.3 is 0 Å². The summed E-state index contributed by atoms with van der Waals surface area (Å²) in [7, 11) is 0. The predicted octanol–water partition coefficient (Wildman–Crippen LogP) is 0.836. The normalized spacial score (nSPS) is 22.4. The Kier molecular flexibility index (Phi) is 13.7. The molecule has 0 aromatic rings. The van der Waals surface area contributed by atoms with Crippen molar-refractivity contribution < 1.29 is 21.9 Å². The fourth-order valence-corrected chi connectivity index (χ4v) is 3.24. The van der Waals surface area contributed by atoms with E-state index in [1.807, 2.05) is 4.90 Å². The Hall–Kier alpha value is 0.440. The third-order valence-corrected chi connectivity index (χ3v) is 4.51. The lowest BCUT2D eigenvalue weighted by Gasteiger charge is -2.12. The van der Waals surface area contributed by atoms with E-state index in [2.05, 4.69) is 13.8 Å². The molecule has 0 saturated carbocycles. The molecule has 1 aliphatic rings. The summed E-state index contributed by atoms with van der Waals surface area (Å²) in [6.07, 6.45) is 16.1. The monoisotopic (exact) mass is 333 g/mol. The first-order valence-electron chi connectivity index (χ1n) is 8.66. The molecule has 0 aromatic heterocycles. The molecule has 1 nitrogen and oxygen atoms in total. The van der Waals surface area contributed by atoms with E-state index < -0.39 is 0 Å². The van der Waals surface area contributed by atoms with E-state index in [-0.39, 0.29) is 17.0 Å². The van der Waals surface area contributed by atoms with E-state index in [0.29, 0.717) is 0 Å². The lowest BCUT2D eigenvalue weighted by molar-refractivity contribution is -0.889. The van der Waals surface area contributed by atoms with Crippen LogP contribution in [0.1, 0.15) is 84.5 Å². The molecule has 1 heterocycles. The van der Waals surface area contributed by atoms with Gasteiger partial charge in [0.15, 0.2) is 0 Å². The van der Waals surface area contributed by atoms with Gasteiger partial charge < -0.3 is 21.9 Å². The first kappa shape index (κ1) is 19.4. The van der Waals surface area contributed by atoms with Crippen molar-refractivity contribution in [3.8, 4) is 0 Å². The minimum absolute atomic E-state index is 0. The summed E-state index contributed by atoms with van der Waals surface area (Å²) >= 11 is 0. The lowest BCUT2D eigenvalue weighted by Crippen LogP contribution is -3.10. The lowest BCUT2D eigenvalue weighted by atomic mass is 10.1. The Morgan fingerprint density at radius 1 is 0.842 bits per heavy atom. The second-order valence-electron chi connectivity index (χ2n) is 6.53. The molecule has 2 unspecified atom stereocenters. The molecule has 1 N–H and O–H groups in total. The van der Waals surface area contributed by atoms with Crippen molar-refractivity contribution in [1.29, 1.82) is 0 Å². The number of hydrogen-bond donors (Lipinski definition) is 1. The van der Waals surface area contributed by atoms with E-state index in [4.69, 9.17) is 0 Å². The third-order valence-electron chi connectivity index (χ3n) is 4.51. The van der Waals surface area contributed by atoms with Crippen molar-refractivity contribution in [2.45, 2.75) is 84.5 Å². The molecule has 0 aliphatic carbocycles. The number of halogens is 1. The highest BCUT2D eigenvalue weighted by atomic mass is 79.9. The van der Waals surface area contributed by atoms with E-state index in [1.165, 1.54) is 90.3 Å². The number of unbranched alkanes of at least 4 members (excludes halogenated alkanes) is 9. The van der Waals surface area contributed by atoms with E-state index >= 15 is 0 Å². The fraction of sp³-hybridized carbons (Fsp3) is 1.00. The number of rotatable bonds is 11. The van der Waals surface area contributed by atoms with Crippen LogP contribution in [0.3, 0.4) is 0 Å². The number of quaternary nitrogens is 1. The molecule has 0 bridgehead atoms. The predicted molar refractivity (Wildman–Crippen MR) is 81.2 cm³/mol. The molecule has 1 aliphatic heterocycles. The summed E-state index contributed by atoms with van der Waals surface area (Å²) in [5.74, 6) is 0.989. The molecule has 0 radical (unpaired) electrons. The summed E-state index contributed by atoms with van der Waals surface area (Å²) in [6, 6.07) is 0. The van der Waals surface area contributed by atoms with Crippen molar-refractivity contribution in [3.05, 3.63) is 0 Å². The molecular weight excluding hydrogens is 298 g/mol. The maximum absolute atomic E-state index is 2.41. The molecule has 1 fully saturated rings. The molecule has 116 valence electrons. The van der Waals surface area contributed by atoms with Crippen LogP contribution in [-0.2, 0) is 0 Å². The van der Waals surface area contributed by atoms with Crippen LogP contribution in [0.2, 0.25) is 0 Å². The highest BCUT2D eigenvalue weighted by Crippen LogP contribution is 2.10. The van der Waals surface area contributed by atoms with Gasteiger partial charge in [0, 0.05) is 12.3 Å².